The lowest BCUT2D eigenvalue weighted by Crippen LogP contribution is -2.42. The molecule has 1 fully saturated rings. The van der Waals surface area contributed by atoms with Crippen LogP contribution in [-0.2, 0) is 11.3 Å². The van der Waals surface area contributed by atoms with Gasteiger partial charge < -0.3 is 18.9 Å². The maximum Gasteiger partial charge on any atom is 0.270 e. The molecule has 0 saturated carbocycles. The Bertz CT molecular complexity index is 765. The predicted octanol–water partition coefficient (Wildman–Crippen LogP) is 2.94. The number of aromatic nitrogens is 1. The van der Waals surface area contributed by atoms with E-state index < -0.39 is 0 Å². The number of benzene rings is 1. The number of morpholine rings is 1. The Morgan fingerprint density at radius 1 is 1.35 bits per heavy atom. The molecule has 2 aromatic rings. The van der Waals surface area contributed by atoms with Crippen LogP contribution in [-0.4, -0.2) is 47.8 Å². The summed E-state index contributed by atoms with van der Waals surface area (Å²) in [5.74, 6) is 0.854. The molecule has 6 heteroatoms. The fraction of sp³-hybridized carbons (Fsp3) is 0.471. The van der Waals surface area contributed by atoms with Crippen molar-refractivity contribution in [3.05, 3.63) is 28.9 Å². The number of amides is 1. The molecule has 0 spiro atoms. The second kappa shape index (κ2) is 5.73. The van der Waals surface area contributed by atoms with Gasteiger partial charge in [-0.25, -0.2) is 0 Å². The molecule has 1 aromatic heterocycles. The van der Waals surface area contributed by atoms with Crippen molar-refractivity contribution in [2.45, 2.75) is 26.0 Å². The molecule has 2 aliphatic rings. The molecule has 122 valence electrons. The zero-order valence-electron chi connectivity index (χ0n) is 13.0. The second-order valence-corrected chi connectivity index (χ2v) is 6.41. The van der Waals surface area contributed by atoms with Crippen molar-refractivity contribution in [2.24, 2.45) is 0 Å². The van der Waals surface area contributed by atoms with Gasteiger partial charge in [0, 0.05) is 18.5 Å². The number of rotatable bonds is 2. The van der Waals surface area contributed by atoms with Crippen molar-refractivity contribution in [1.29, 1.82) is 0 Å². The number of ether oxygens (including phenoxy) is 2. The maximum atomic E-state index is 13.0. The number of nitrogens with zero attached hydrogens (tertiary/aromatic N) is 2. The number of halogens is 1. The Kier molecular flexibility index (Phi) is 3.70. The van der Waals surface area contributed by atoms with E-state index in [0.717, 1.165) is 23.1 Å². The van der Waals surface area contributed by atoms with E-state index in [1.165, 1.54) is 0 Å². The lowest BCUT2D eigenvalue weighted by molar-refractivity contribution is 0.0293. The molecule has 1 aromatic carbocycles. The van der Waals surface area contributed by atoms with Gasteiger partial charge in [-0.15, -0.1) is 0 Å². The largest absolute Gasteiger partial charge is 0.486 e. The highest BCUT2D eigenvalue weighted by atomic mass is 35.5. The predicted molar refractivity (Wildman–Crippen MR) is 88.4 cm³/mol. The third kappa shape index (κ3) is 2.39. The van der Waals surface area contributed by atoms with Crippen LogP contribution in [0.2, 0.25) is 5.02 Å². The monoisotopic (exact) mass is 334 g/mol. The smallest absolute Gasteiger partial charge is 0.270 e. The Labute approximate surface area is 139 Å². The lowest BCUT2D eigenvalue weighted by atomic mass is 10.2. The Balaban J connectivity index is 1.83. The van der Waals surface area contributed by atoms with Gasteiger partial charge in [-0.05, 0) is 24.6 Å². The summed E-state index contributed by atoms with van der Waals surface area (Å²) in [6, 6.07) is 5.64. The molecular formula is C17H19ClN2O3. The fourth-order valence-electron chi connectivity index (χ4n) is 3.34. The molecule has 0 N–H and O–H groups in total. The standard InChI is InChI=1S/C17H19ClN2O3/c1-2-11-10-20-14(17(21)19-5-7-22-8-6-19)9-12-13(18)3-4-15(23-11)16(12)20/h3-4,9,11H,2,5-8,10H2,1H3. The molecule has 0 bridgehead atoms. The molecule has 0 aliphatic carbocycles. The van der Waals surface area contributed by atoms with E-state index in [1.54, 1.807) is 0 Å². The fourth-order valence-corrected chi connectivity index (χ4v) is 3.54. The van der Waals surface area contributed by atoms with E-state index in [4.69, 9.17) is 21.1 Å². The first kappa shape index (κ1) is 14.8. The average Bonchev–Trinajstić information content (AvgIpc) is 2.99. The third-order valence-electron chi connectivity index (χ3n) is 4.62. The number of hydrogen-bond acceptors (Lipinski definition) is 3. The van der Waals surface area contributed by atoms with E-state index in [0.29, 0.717) is 43.6 Å². The summed E-state index contributed by atoms with van der Waals surface area (Å²) in [4.78, 5) is 14.8. The molecule has 4 rings (SSSR count). The zero-order valence-corrected chi connectivity index (χ0v) is 13.8. The van der Waals surface area contributed by atoms with Crippen LogP contribution in [0, 0.1) is 0 Å². The van der Waals surface area contributed by atoms with E-state index in [2.05, 4.69) is 11.5 Å². The van der Waals surface area contributed by atoms with Crippen LogP contribution in [0.4, 0.5) is 0 Å². The van der Waals surface area contributed by atoms with Crippen LogP contribution in [0.5, 0.6) is 5.75 Å². The van der Waals surface area contributed by atoms with Crippen molar-refractivity contribution in [2.75, 3.05) is 26.3 Å². The summed E-state index contributed by atoms with van der Waals surface area (Å²) in [5, 5.41) is 1.53. The first-order valence-electron chi connectivity index (χ1n) is 8.04. The van der Waals surface area contributed by atoms with Gasteiger partial charge in [0.1, 0.15) is 17.5 Å². The highest BCUT2D eigenvalue weighted by Crippen LogP contribution is 2.38. The second-order valence-electron chi connectivity index (χ2n) is 6.00. The van der Waals surface area contributed by atoms with Crippen molar-refractivity contribution in [3.63, 3.8) is 0 Å². The van der Waals surface area contributed by atoms with Crippen molar-refractivity contribution >= 4 is 28.4 Å². The van der Waals surface area contributed by atoms with Gasteiger partial charge in [-0.2, -0.15) is 0 Å². The van der Waals surface area contributed by atoms with Gasteiger partial charge >= 0.3 is 0 Å². The summed E-state index contributed by atoms with van der Waals surface area (Å²) in [7, 11) is 0. The number of carbonyl (C=O) groups excluding carboxylic acids is 1. The summed E-state index contributed by atoms with van der Waals surface area (Å²) in [5.41, 5.74) is 1.62. The van der Waals surface area contributed by atoms with Crippen LogP contribution in [0.15, 0.2) is 18.2 Å². The molecule has 2 aliphatic heterocycles. The van der Waals surface area contributed by atoms with E-state index in [1.807, 2.05) is 23.1 Å². The molecule has 1 unspecified atom stereocenters. The SMILES string of the molecule is CCC1Cn2c(C(=O)N3CCOCC3)cc3c(Cl)ccc(c32)O1. The Hall–Kier alpha value is -1.72. The maximum absolute atomic E-state index is 13.0. The summed E-state index contributed by atoms with van der Waals surface area (Å²) < 4.78 is 13.4. The zero-order chi connectivity index (χ0) is 16.0. The minimum atomic E-state index is 0.0447. The summed E-state index contributed by atoms with van der Waals surface area (Å²) in [6.07, 6.45) is 0.975. The van der Waals surface area contributed by atoms with Crippen LogP contribution >= 0.6 is 11.6 Å². The van der Waals surface area contributed by atoms with Crippen molar-refractivity contribution in [3.8, 4) is 5.75 Å². The van der Waals surface area contributed by atoms with Gasteiger partial charge in [0.25, 0.3) is 5.91 Å². The van der Waals surface area contributed by atoms with Gasteiger partial charge in [-0.1, -0.05) is 18.5 Å². The molecular weight excluding hydrogens is 316 g/mol. The van der Waals surface area contributed by atoms with Crippen LogP contribution in [0.3, 0.4) is 0 Å². The number of hydrogen-bond donors (Lipinski definition) is 0. The topological polar surface area (TPSA) is 43.7 Å². The van der Waals surface area contributed by atoms with E-state index >= 15 is 0 Å². The summed E-state index contributed by atoms with van der Waals surface area (Å²) in [6.45, 7) is 5.23. The van der Waals surface area contributed by atoms with Gasteiger partial charge in [0.15, 0.2) is 0 Å². The molecule has 23 heavy (non-hydrogen) atoms. The quantitative estimate of drug-likeness (QED) is 0.848. The van der Waals surface area contributed by atoms with Gasteiger partial charge in [0.05, 0.1) is 30.3 Å². The lowest BCUT2D eigenvalue weighted by Gasteiger charge is -2.29. The van der Waals surface area contributed by atoms with Crippen molar-refractivity contribution < 1.29 is 14.3 Å². The average molecular weight is 335 g/mol. The molecule has 3 heterocycles. The highest BCUT2D eigenvalue weighted by molar-refractivity contribution is 6.36. The van der Waals surface area contributed by atoms with Crippen LogP contribution < -0.4 is 4.74 Å². The van der Waals surface area contributed by atoms with Crippen molar-refractivity contribution in [1.82, 2.24) is 9.47 Å². The Morgan fingerprint density at radius 3 is 2.87 bits per heavy atom. The van der Waals surface area contributed by atoms with Crippen LogP contribution in [0.25, 0.3) is 10.9 Å². The first-order valence-corrected chi connectivity index (χ1v) is 8.42. The third-order valence-corrected chi connectivity index (χ3v) is 4.95. The minimum absolute atomic E-state index is 0.0447. The number of carbonyl (C=O) groups is 1. The van der Waals surface area contributed by atoms with E-state index in [-0.39, 0.29) is 12.0 Å². The molecule has 0 radical (unpaired) electrons. The first-order chi connectivity index (χ1) is 11.2. The summed E-state index contributed by atoms with van der Waals surface area (Å²) >= 11 is 6.34. The highest BCUT2D eigenvalue weighted by Gasteiger charge is 2.29. The minimum Gasteiger partial charge on any atom is -0.486 e. The molecule has 1 atom stereocenters. The van der Waals surface area contributed by atoms with Gasteiger partial charge in [0.2, 0.25) is 0 Å². The van der Waals surface area contributed by atoms with E-state index in [9.17, 15) is 4.79 Å². The molecule has 1 amide bonds. The molecule has 1 saturated heterocycles. The van der Waals surface area contributed by atoms with Crippen LogP contribution in [0.1, 0.15) is 23.8 Å². The normalized spacial score (nSPS) is 20.6. The van der Waals surface area contributed by atoms with Gasteiger partial charge in [-0.3, -0.25) is 4.79 Å². The molecule has 5 nitrogen and oxygen atoms in total. The Morgan fingerprint density at radius 2 is 2.13 bits per heavy atom.